The number of hydrogen-bond acceptors (Lipinski definition) is 7. The van der Waals surface area contributed by atoms with E-state index in [1.807, 2.05) is 37.3 Å². The minimum absolute atomic E-state index is 0.0284. The third-order valence-electron chi connectivity index (χ3n) is 6.42. The average molecular weight is 531 g/mol. The first kappa shape index (κ1) is 25.4. The summed E-state index contributed by atoms with van der Waals surface area (Å²) < 4.78 is 5.17. The molecular formula is C28H27ClN6O3. The third-order valence-corrected chi connectivity index (χ3v) is 6.66. The Morgan fingerprint density at radius 2 is 2.03 bits per heavy atom. The number of carbonyl (C=O) groups excluding carboxylic acids is 2. The number of aromatic nitrogens is 4. The number of nitrogens with one attached hydrogen (secondary N) is 2. The number of halogens is 1. The zero-order chi connectivity index (χ0) is 26.6. The molecular weight excluding hydrogens is 504 g/mol. The van der Waals surface area contributed by atoms with Crippen molar-refractivity contribution < 1.29 is 14.3 Å². The molecule has 9 nitrogen and oxygen atoms in total. The molecule has 1 aliphatic rings. The topological polar surface area (TPSA) is 113 Å². The zero-order valence-electron chi connectivity index (χ0n) is 20.9. The molecule has 1 unspecified atom stereocenters. The number of amides is 1. The van der Waals surface area contributed by atoms with Crippen molar-refractivity contribution in [3.05, 3.63) is 83.4 Å². The number of carbonyl (C=O) groups is 2. The Labute approximate surface area is 224 Å². The number of H-pyrrole nitrogens is 1. The lowest BCUT2D eigenvalue weighted by Crippen LogP contribution is -2.28. The molecule has 194 valence electrons. The molecule has 3 heterocycles. The van der Waals surface area contributed by atoms with Crippen molar-refractivity contribution in [1.82, 2.24) is 24.8 Å². The van der Waals surface area contributed by atoms with Gasteiger partial charge in [-0.25, -0.2) is 15.0 Å². The van der Waals surface area contributed by atoms with E-state index >= 15 is 0 Å². The van der Waals surface area contributed by atoms with Crippen LogP contribution in [0.4, 0.5) is 5.82 Å². The number of nitrogens with zero attached hydrogens (tertiary/aromatic N) is 4. The Hall–Kier alpha value is -4.24. The number of hydrogen-bond donors (Lipinski definition) is 2. The summed E-state index contributed by atoms with van der Waals surface area (Å²) in [5.41, 5.74) is 3.63. The maximum atomic E-state index is 13.0. The van der Waals surface area contributed by atoms with Crippen LogP contribution in [0.25, 0.3) is 21.9 Å². The summed E-state index contributed by atoms with van der Waals surface area (Å²) in [5, 5.41) is 4.80. The number of anilines is 1. The molecule has 1 amide bonds. The minimum Gasteiger partial charge on any atom is -0.461 e. The molecule has 0 spiro atoms. The molecule has 0 saturated carbocycles. The van der Waals surface area contributed by atoms with Crippen molar-refractivity contribution in [2.45, 2.75) is 25.8 Å². The SMILES string of the molecule is C=CCOC(=O)CCC(Nc1ncnc2cc(C(=O)N3CC=CC3)c(C)cc12)c1nc2ccc(Cl)cc2[nH]1. The second-order valence-corrected chi connectivity index (χ2v) is 9.52. The van der Waals surface area contributed by atoms with Gasteiger partial charge in [0.2, 0.25) is 0 Å². The van der Waals surface area contributed by atoms with Crippen LogP contribution in [0, 0.1) is 6.92 Å². The van der Waals surface area contributed by atoms with Gasteiger partial charge in [-0.3, -0.25) is 9.59 Å². The van der Waals surface area contributed by atoms with Gasteiger partial charge in [-0.05, 0) is 49.2 Å². The second-order valence-electron chi connectivity index (χ2n) is 9.08. The number of rotatable bonds is 9. The third kappa shape index (κ3) is 5.38. The molecule has 0 radical (unpaired) electrons. The molecule has 1 atom stereocenters. The first-order chi connectivity index (χ1) is 18.4. The van der Waals surface area contributed by atoms with Gasteiger partial charge in [0.05, 0.1) is 22.6 Å². The smallest absolute Gasteiger partial charge is 0.306 e. The highest BCUT2D eigenvalue weighted by atomic mass is 35.5. The van der Waals surface area contributed by atoms with Gasteiger partial charge >= 0.3 is 5.97 Å². The average Bonchev–Trinajstić information content (AvgIpc) is 3.59. The van der Waals surface area contributed by atoms with E-state index in [4.69, 9.17) is 21.3 Å². The number of aryl methyl sites for hydroxylation is 1. The van der Waals surface area contributed by atoms with Gasteiger partial charge in [0, 0.05) is 35.5 Å². The van der Waals surface area contributed by atoms with E-state index in [1.165, 1.54) is 12.4 Å². The van der Waals surface area contributed by atoms with Gasteiger partial charge in [-0.15, -0.1) is 0 Å². The van der Waals surface area contributed by atoms with Crippen LogP contribution >= 0.6 is 11.6 Å². The van der Waals surface area contributed by atoms with E-state index in [1.54, 1.807) is 17.0 Å². The van der Waals surface area contributed by atoms with Crippen molar-refractivity contribution in [2.24, 2.45) is 0 Å². The normalized spacial score (nSPS) is 13.7. The van der Waals surface area contributed by atoms with E-state index in [-0.39, 0.29) is 24.9 Å². The van der Waals surface area contributed by atoms with E-state index in [9.17, 15) is 9.59 Å². The summed E-state index contributed by atoms with van der Waals surface area (Å²) in [4.78, 5) is 44.0. The van der Waals surface area contributed by atoms with Gasteiger partial charge in [-0.1, -0.05) is 36.4 Å². The molecule has 1 aliphatic heterocycles. The largest absolute Gasteiger partial charge is 0.461 e. The summed E-state index contributed by atoms with van der Waals surface area (Å²) in [7, 11) is 0. The monoisotopic (exact) mass is 530 g/mol. The first-order valence-electron chi connectivity index (χ1n) is 12.3. The number of fused-ring (bicyclic) bond motifs is 2. The lowest BCUT2D eigenvalue weighted by atomic mass is 10.0. The maximum absolute atomic E-state index is 13.0. The molecule has 2 aromatic heterocycles. The Morgan fingerprint density at radius 1 is 1.21 bits per heavy atom. The van der Waals surface area contributed by atoms with Crippen LogP contribution in [0.3, 0.4) is 0 Å². The van der Waals surface area contributed by atoms with Crippen LogP contribution in [-0.4, -0.2) is 56.4 Å². The number of aromatic amines is 1. The molecule has 38 heavy (non-hydrogen) atoms. The highest BCUT2D eigenvalue weighted by Crippen LogP contribution is 2.30. The standard InChI is InChI=1S/C28H27ClN6O3/c1-3-12-38-25(36)9-8-22(27-32-21-7-6-18(29)14-24(21)34-27)33-26-20-13-17(2)19(15-23(20)30-16-31-26)28(37)35-10-4-5-11-35/h3-7,13-16,22H,1,8-12H2,2H3,(H,32,34)(H,30,31,33). The van der Waals surface area contributed by atoms with Gasteiger partial charge in [0.1, 0.15) is 24.6 Å². The number of benzene rings is 2. The maximum Gasteiger partial charge on any atom is 0.306 e. The highest BCUT2D eigenvalue weighted by molar-refractivity contribution is 6.31. The quantitative estimate of drug-likeness (QED) is 0.227. The number of ether oxygens (including phenoxy) is 1. The summed E-state index contributed by atoms with van der Waals surface area (Å²) in [6.07, 6.45) is 7.51. The lowest BCUT2D eigenvalue weighted by Gasteiger charge is -2.20. The van der Waals surface area contributed by atoms with Crippen LogP contribution in [0.2, 0.25) is 5.02 Å². The van der Waals surface area contributed by atoms with E-state index in [2.05, 4.69) is 26.8 Å². The highest BCUT2D eigenvalue weighted by Gasteiger charge is 2.22. The van der Waals surface area contributed by atoms with Crippen molar-refractivity contribution in [3.63, 3.8) is 0 Å². The summed E-state index contributed by atoms with van der Waals surface area (Å²) in [6.45, 7) is 6.85. The van der Waals surface area contributed by atoms with E-state index < -0.39 is 6.04 Å². The molecule has 0 aliphatic carbocycles. The Kier molecular flexibility index (Phi) is 7.37. The molecule has 0 bridgehead atoms. The minimum atomic E-state index is -0.396. The molecule has 4 aromatic rings. The lowest BCUT2D eigenvalue weighted by molar-refractivity contribution is -0.142. The second kappa shape index (κ2) is 11.0. The summed E-state index contributed by atoms with van der Waals surface area (Å²) in [6, 6.07) is 8.76. The molecule has 0 saturated heterocycles. The van der Waals surface area contributed by atoms with Crippen molar-refractivity contribution >= 4 is 51.2 Å². The van der Waals surface area contributed by atoms with Crippen molar-refractivity contribution in [1.29, 1.82) is 0 Å². The number of esters is 1. The van der Waals surface area contributed by atoms with Crippen molar-refractivity contribution in [2.75, 3.05) is 25.0 Å². The van der Waals surface area contributed by atoms with Crippen LogP contribution in [0.1, 0.15) is 40.6 Å². The number of imidazole rings is 1. The van der Waals surface area contributed by atoms with Crippen LogP contribution in [0.15, 0.2) is 61.5 Å². The van der Waals surface area contributed by atoms with Crippen LogP contribution in [0.5, 0.6) is 0 Å². The fourth-order valence-corrected chi connectivity index (χ4v) is 4.64. The Balaban J connectivity index is 1.47. The molecule has 5 rings (SSSR count). The van der Waals surface area contributed by atoms with Gasteiger partial charge in [0.25, 0.3) is 5.91 Å². The molecule has 2 N–H and O–H groups in total. The fraction of sp³-hybridized carbons (Fsp3) is 0.250. The predicted molar refractivity (Wildman–Crippen MR) is 147 cm³/mol. The Bertz CT molecular complexity index is 1560. The molecule has 2 aromatic carbocycles. The van der Waals surface area contributed by atoms with E-state index in [0.717, 1.165) is 22.0 Å². The zero-order valence-corrected chi connectivity index (χ0v) is 21.7. The predicted octanol–water partition coefficient (Wildman–Crippen LogP) is 5.14. The van der Waals surface area contributed by atoms with Crippen molar-refractivity contribution in [3.8, 4) is 0 Å². The van der Waals surface area contributed by atoms with Gasteiger partial charge < -0.3 is 19.9 Å². The fourth-order valence-electron chi connectivity index (χ4n) is 4.47. The van der Waals surface area contributed by atoms with E-state index in [0.29, 0.717) is 47.3 Å². The molecule has 10 heteroatoms. The first-order valence-corrected chi connectivity index (χ1v) is 12.7. The van der Waals surface area contributed by atoms with Gasteiger partial charge in [-0.2, -0.15) is 0 Å². The Morgan fingerprint density at radius 3 is 2.82 bits per heavy atom. The molecule has 0 fully saturated rings. The van der Waals surface area contributed by atoms with Crippen LogP contribution < -0.4 is 5.32 Å². The summed E-state index contributed by atoms with van der Waals surface area (Å²) >= 11 is 6.17. The van der Waals surface area contributed by atoms with Gasteiger partial charge in [0.15, 0.2) is 0 Å². The van der Waals surface area contributed by atoms with Crippen LogP contribution in [-0.2, 0) is 9.53 Å². The summed E-state index contributed by atoms with van der Waals surface area (Å²) in [5.74, 6) is 0.844.